The fraction of sp³-hybridized carbons (Fsp3) is 0.238. The average Bonchev–Trinajstić information content (AvgIpc) is 2.96. The Morgan fingerprint density at radius 3 is 2.46 bits per heavy atom. The van der Waals surface area contributed by atoms with Gasteiger partial charge < -0.3 is 25.0 Å². The lowest BCUT2D eigenvalue weighted by Crippen LogP contribution is -2.33. The number of Topliss-reactive ketones (excluding diaryl/α,β-unsaturated/α-hetero) is 1. The van der Waals surface area contributed by atoms with Crippen molar-refractivity contribution in [3.8, 4) is 5.75 Å². The Labute approximate surface area is 162 Å². The maximum atomic E-state index is 12.7. The molecule has 1 unspecified atom stereocenters. The van der Waals surface area contributed by atoms with Crippen LogP contribution in [0, 0.1) is 0 Å². The Hall–Kier alpha value is -3.16. The van der Waals surface area contributed by atoms with Crippen molar-refractivity contribution in [3.63, 3.8) is 0 Å². The summed E-state index contributed by atoms with van der Waals surface area (Å²) in [6, 6.07) is 13.9. The van der Waals surface area contributed by atoms with E-state index in [0.717, 1.165) is 0 Å². The van der Waals surface area contributed by atoms with Crippen LogP contribution < -0.4 is 0 Å². The summed E-state index contributed by atoms with van der Waals surface area (Å²) in [4.78, 5) is 26.7. The van der Waals surface area contributed by atoms with E-state index >= 15 is 0 Å². The zero-order chi connectivity index (χ0) is 20.1. The van der Waals surface area contributed by atoms with Crippen LogP contribution in [0.2, 0.25) is 0 Å². The van der Waals surface area contributed by atoms with Gasteiger partial charge >= 0.3 is 0 Å². The molecule has 0 spiro atoms. The lowest BCUT2D eigenvalue weighted by atomic mass is 9.95. The van der Waals surface area contributed by atoms with Gasteiger partial charge in [-0.3, -0.25) is 9.59 Å². The number of phenolic OH excluding ortho intramolecular Hbond substituents is 1. The molecular weight excluding hydrogens is 362 g/mol. The number of aromatic hydroxyl groups is 1. The first-order valence-corrected chi connectivity index (χ1v) is 8.86. The molecule has 28 heavy (non-hydrogen) atoms. The van der Waals surface area contributed by atoms with Crippen LogP contribution >= 0.6 is 0 Å². The molecule has 2 aromatic carbocycles. The third kappa shape index (κ3) is 3.90. The van der Waals surface area contributed by atoms with Crippen molar-refractivity contribution in [1.82, 2.24) is 4.90 Å². The molecule has 1 atom stereocenters. The van der Waals surface area contributed by atoms with E-state index in [1.165, 1.54) is 17.0 Å². The van der Waals surface area contributed by atoms with Gasteiger partial charge in [0.1, 0.15) is 11.5 Å². The lowest BCUT2D eigenvalue weighted by Gasteiger charge is -2.25. The molecule has 3 N–H and O–H groups in total. The largest absolute Gasteiger partial charge is 0.508 e. The molecule has 0 saturated carbocycles. The maximum absolute atomic E-state index is 12.7. The standard InChI is InChI=1S/C21H21NO6/c23-10-12-28-11-9-22-18(15-7-4-8-16(24)13-15)17(20(26)21(22)27)19(25)14-5-2-1-3-6-14/h1-8,13,18,23-25H,9-12H2. The number of carbonyl (C=O) groups excluding carboxylic acids is 2. The number of likely N-dealkylation sites (tertiary alicyclic amines) is 1. The Kier molecular flexibility index (Phi) is 6.08. The van der Waals surface area contributed by atoms with Gasteiger partial charge in [0.15, 0.2) is 0 Å². The maximum Gasteiger partial charge on any atom is 0.295 e. The topological polar surface area (TPSA) is 107 Å². The monoisotopic (exact) mass is 383 g/mol. The number of benzene rings is 2. The van der Waals surface area contributed by atoms with E-state index in [1.807, 2.05) is 0 Å². The zero-order valence-electron chi connectivity index (χ0n) is 15.1. The lowest BCUT2D eigenvalue weighted by molar-refractivity contribution is -0.140. The molecule has 1 aliphatic heterocycles. The number of nitrogens with zero attached hydrogens (tertiary/aromatic N) is 1. The van der Waals surface area contributed by atoms with Crippen molar-refractivity contribution >= 4 is 17.4 Å². The molecule has 0 radical (unpaired) electrons. The van der Waals surface area contributed by atoms with Crippen molar-refractivity contribution < 1.29 is 29.6 Å². The van der Waals surface area contributed by atoms with E-state index in [0.29, 0.717) is 11.1 Å². The molecule has 0 aliphatic carbocycles. The molecular formula is C21H21NO6. The third-order valence-electron chi connectivity index (χ3n) is 4.49. The van der Waals surface area contributed by atoms with Crippen molar-refractivity contribution in [3.05, 3.63) is 71.3 Å². The molecule has 0 bridgehead atoms. The van der Waals surface area contributed by atoms with Crippen molar-refractivity contribution in [2.24, 2.45) is 0 Å². The van der Waals surface area contributed by atoms with Gasteiger partial charge in [-0.05, 0) is 17.7 Å². The predicted molar refractivity (Wildman–Crippen MR) is 101 cm³/mol. The van der Waals surface area contributed by atoms with Crippen LogP contribution in [0.5, 0.6) is 5.75 Å². The number of phenols is 1. The van der Waals surface area contributed by atoms with Crippen LogP contribution in [-0.4, -0.2) is 58.3 Å². The summed E-state index contributed by atoms with van der Waals surface area (Å²) in [5.41, 5.74) is 0.880. The normalized spacial score (nSPS) is 18.6. The van der Waals surface area contributed by atoms with Crippen LogP contribution in [-0.2, 0) is 14.3 Å². The quantitative estimate of drug-likeness (QED) is 0.291. The SMILES string of the molecule is O=C1C(=O)N(CCOCCO)C(c2cccc(O)c2)C1=C(O)c1ccccc1. The number of ketones is 1. The Balaban J connectivity index is 2.06. The molecule has 1 fully saturated rings. The fourth-order valence-corrected chi connectivity index (χ4v) is 3.23. The first-order chi connectivity index (χ1) is 13.5. The minimum absolute atomic E-state index is 0.0145. The number of aliphatic hydroxyl groups is 2. The summed E-state index contributed by atoms with van der Waals surface area (Å²) < 4.78 is 5.23. The van der Waals surface area contributed by atoms with Crippen molar-refractivity contribution in [2.45, 2.75) is 6.04 Å². The Morgan fingerprint density at radius 2 is 1.79 bits per heavy atom. The number of ether oxygens (including phenoxy) is 1. The average molecular weight is 383 g/mol. The molecule has 1 saturated heterocycles. The summed E-state index contributed by atoms with van der Waals surface area (Å²) in [7, 11) is 0. The highest BCUT2D eigenvalue weighted by molar-refractivity contribution is 6.46. The van der Waals surface area contributed by atoms with Gasteiger partial charge in [-0.2, -0.15) is 0 Å². The van der Waals surface area contributed by atoms with Gasteiger partial charge in [0, 0.05) is 12.1 Å². The summed E-state index contributed by atoms with van der Waals surface area (Å²) in [5.74, 6) is -1.83. The highest BCUT2D eigenvalue weighted by Gasteiger charge is 2.45. The molecule has 3 rings (SSSR count). The third-order valence-corrected chi connectivity index (χ3v) is 4.49. The number of rotatable bonds is 7. The van der Waals surface area contributed by atoms with Crippen molar-refractivity contribution in [1.29, 1.82) is 0 Å². The fourth-order valence-electron chi connectivity index (χ4n) is 3.23. The van der Waals surface area contributed by atoms with E-state index in [4.69, 9.17) is 9.84 Å². The minimum atomic E-state index is -0.856. The second-order valence-electron chi connectivity index (χ2n) is 6.29. The molecule has 7 heteroatoms. The van der Waals surface area contributed by atoms with Crippen LogP contribution in [0.1, 0.15) is 17.2 Å². The van der Waals surface area contributed by atoms with Gasteiger partial charge in [-0.15, -0.1) is 0 Å². The smallest absolute Gasteiger partial charge is 0.295 e. The molecule has 1 aliphatic rings. The first kappa shape index (κ1) is 19.6. The second-order valence-corrected chi connectivity index (χ2v) is 6.29. The van der Waals surface area contributed by atoms with Crippen molar-refractivity contribution in [2.75, 3.05) is 26.4 Å². The van der Waals surface area contributed by atoms with Crippen LogP contribution in [0.3, 0.4) is 0 Å². The van der Waals surface area contributed by atoms with Gasteiger partial charge in [0.25, 0.3) is 11.7 Å². The first-order valence-electron chi connectivity index (χ1n) is 8.86. The number of hydrogen-bond donors (Lipinski definition) is 3. The Bertz CT molecular complexity index is 893. The summed E-state index contributed by atoms with van der Waals surface area (Å²) in [5, 5.41) is 29.5. The molecule has 2 aromatic rings. The van der Waals surface area contributed by atoms with Crippen LogP contribution in [0.4, 0.5) is 0 Å². The molecule has 146 valence electrons. The predicted octanol–water partition coefficient (Wildman–Crippen LogP) is 1.82. The van der Waals surface area contributed by atoms with E-state index in [-0.39, 0.29) is 43.4 Å². The highest BCUT2D eigenvalue weighted by atomic mass is 16.5. The van der Waals surface area contributed by atoms with Crippen LogP contribution in [0.15, 0.2) is 60.2 Å². The summed E-state index contributed by atoms with van der Waals surface area (Å²) in [6.07, 6.45) is 0. The van der Waals surface area contributed by atoms with E-state index in [1.54, 1.807) is 42.5 Å². The van der Waals surface area contributed by atoms with E-state index in [2.05, 4.69) is 0 Å². The van der Waals surface area contributed by atoms with Gasteiger partial charge in [0.05, 0.1) is 31.4 Å². The van der Waals surface area contributed by atoms with Gasteiger partial charge in [-0.25, -0.2) is 0 Å². The number of aliphatic hydroxyl groups excluding tert-OH is 2. The molecule has 7 nitrogen and oxygen atoms in total. The number of carbonyl (C=O) groups is 2. The van der Waals surface area contributed by atoms with E-state index < -0.39 is 17.7 Å². The molecule has 0 aromatic heterocycles. The highest BCUT2D eigenvalue weighted by Crippen LogP contribution is 2.39. The number of amides is 1. The van der Waals surface area contributed by atoms with Gasteiger partial charge in [0.2, 0.25) is 0 Å². The van der Waals surface area contributed by atoms with E-state index in [9.17, 15) is 19.8 Å². The second kappa shape index (κ2) is 8.69. The zero-order valence-corrected chi connectivity index (χ0v) is 15.1. The molecule has 1 amide bonds. The summed E-state index contributed by atoms with van der Waals surface area (Å²) >= 11 is 0. The minimum Gasteiger partial charge on any atom is -0.508 e. The number of hydrogen-bond acceptors (Lipinski definition) is 6. The Morgan fingerprint density at radius 1 is 1.04 bits per heavy atom. The van der Waals surface area contributed by atoms with Crippen LogP contribution in [0.25, 0.3) is 5.76 Å². The summed E-state index contributed by atoms with van der Waals surface area (Å²) in [6.45, 7) is 0.179. The van der Waals surface area contributed by atoms with Gasteiger partial charge in [-0.1, -0.05) is 42.5 Å². The molecule has 1 heterocycles.